The van der Waals surface area contributed by atoms with E-state index in [-0.39, 0.29) is 0 Å². The minimum atomic E-state index is 0.334. The molecule has 1 aliphatic carbocycles. The molecule has 3 unspecified atom stereocenters. The van der Waals surface area contributed by atoms with Crippen LogP contribution >= 0.6 is 0 Å². The number of carbonyl (C=O) groups is 1. The fourth-order valence-electron chi connectivity index (χ4n) is 3.73. The molecule has 0 aromatic rings. The molecule has 2 nitrogen and oxygen atoms in total. The molecule has 0 radical (unpaired) electrons. The number of likely N-dealkylation sites (tertiary alicyclic amines) is 1. The zero-order chi connectivity index (χ0) is 13.0. The molecule has 0 aromatic heterocycles. The first-order valence-electron chi connectivity index (χ1n) is 7.97. The van der Waals surface area contributed by atoms with E-state index in [1.54, 1.807) is 0 Å². The first-order valence-corrected chi connectivity index (χ1v) is 7.97. The Kier molecular flexibility index (Phi) is 5.23. The third kappa shape index (κ3) is 3.57. The Balaban J connectivity index is 1.94. The van der Waals surface area contributed by atoms with Crippen molar-refractivity contribution >= 4 is 5.78 Å². The van der Waals surface area contributed by atoms with E-state index in [1.807, 2.05) is 0 Å². The van der Waals surface area contributed by atoms with Gasteiger partial charge in [-0.2, -0.15) is 0 Å². The van der Waals surface area contributed by atoms with Crippen molar-refractivity contribution in [3.05, 3.63) is 0 Å². The zero-order valence-electron chi connectivity index (χ0n) is 12.2. The van der Waals surface area contributed by atoms with Crippen LogP contribution in [0.1, 0.15) is 65.2 Å². The van der Waals surface area contributed by atoms with Gasteiger partial charge in [-0.15, -0.1) is 0 Å². The highest BCUT2D eigenvalue weighted by Crippen LogP contribution is 2.29. The van der Waals surface area contributed by atoms with Gasteiger partial charge in [0.05, 0.1) is 0 Å². The van der Waals surface area contributed by atoms with E-state index in [9.17, 15) is 4.79 Å². The SMILES string of the molecule is CCC1CCCCCN1CC1CC(C)CCC1=O. The third-order valence-electron chi connectivity index (χ3n) is 4.95. The summed E-state index contributed by atoms with van der Waals surface area (Å²) < 4.78 is 0. The highest BCUT2D eigenvalue weighted by molar-refractivity contribution is 5.81. The number of ketones is 1. The van der Waals surface area contributed by atoms with Gasteiger partial charge in [0.2, 0.25) is 0 Å². The summed E-state index contributed by atoms with van der Waals surface area (Å²) in [7, 11) is 0. The van der Waals surface area contributed by atoms with E-state index < -0.39 is 0 Å². The van der Waals surface area contributed by atoms with Gasteiger partial charge in [-0.1, -0.05) is 26.7 Å². The van der Waals surface area contributed by atoms with Crippen molar-refractivity contribution in [2.75, 3.05) is 13.1 Å². The molecule has 1 saturated carbocycles. The summed E-state index contributed by atoms with van der Waals surface area (Å²) in [6.07, 6.45) is 9.75. The second kappa shape index (κ2) is 6.70. The van der Waals surface area contributed by atoms with Crippen molar-refractivity contribution in [2.24, 2.45) is 11.8 Å². The Morgan fingerprint density at radius 2 is 2.06 bits per heavy atom. The fraction of sp³-hybridized carbons (Fsp3) is 0.938. The van der Waals surface area contributed by atoms with Crippen LogP contribution in [0.15, 0.2) is 0 Å². The normalized spacial score (nSPS) is 35.4. The summed E-state index contributed by atoms with van der Waals surface area (Å²) >= 11 is 0. The second-order valence-corrected chi connectivity index (χ2v) is 6.45. The maximum atomic E-state index is 12.1. The van der Waals surface area contributed by atoms with Crippen molar-refractivity contribution in [1.82, 2.24) is 4.90 Å². The Morgan fingerprint density at radius 3 is 2.83 bits per heavy atom. The molecule has 1 aliphatic heterocycles. The first kappa shape index (κ1) is 14.0. The minimum absolute atomic E-state index is 0.334. The first-order chi connectivity index (χ1) is 8.70. The van der Waals surface area contributed by atoms with Crippen LogP contribution in [0.3, 0.4) is 0 Å². The number of hydrogen-bond acceptors (Lipinski definition) is 2. The van der Waals surface area contributed by atoms with E-state index >= 15 is 0 Å². The van der Waals surface area contributed by atoms with Crippen molar-refractivity contribution in [3.8, 4) is 0 Å². The summed E-state index contributed by atoms with van der Waals surface area (Å²) in [4.78, 5) is 14.7. The molecule has 2 rings (SSSR count). The van der Waals surface area contributed by atoms with E-state index in [0.29, 0.717) is 11.7 Å². The number of carbonyl (C=O) groups excluding carboxylic acids is 1. The molecule has 104 valence electrons. The van der Waals surface area contributed by atoms with Crippen LogP contribution in [0.25, 0.3) is 0 Å². The van der Waals surface area contributed by atoms with Crippen LogP contribution in [-0.2, 0) is 4.79 Å². The third-order valence-corrected chi connectivity index (χ3v) is 4.95. The van der Waals surface area contributed by atoms with Gasteiger partial charge in [0.1, 0.15) is 5.78 Å². The lowest BCUT2D eigenvalue weighted by Crippen LogP contribution is -2.41. The second-order valence-electron chi connectivity index (χ2n) is 6.45. The van der Waals surface area contributed by atoms with Gasteiger partial charge in [0.15, 0.2) is 0 Å². The molecule has 0 aromatic carbocycles. The van der Waals surface area contributed by atoms with E-state index in [2.05, 4.69) is 18.7 Å². The van der Waals surface area contributed by atoms with Crippen molar-refractivity contribution < 1.29 is 4.79 Å². The van der Waals surface area contributed by atoms with Crippen molar-refractivity contribution in [3.63, 3.8) is 0 Å². The highest BCUT2D eigenvalue weighted by Gasteiger charge is 2.30. The van der Waals surface area contributed by atoms with E-state index in [4.69, 9.17) is 0 Å². The molecule has 0 bridgehead atoms. The molecule has 0 N–H and O–H groups in total. The smallest absolute Gasteiger partial charge is 0.137 e. The minimum Gasteiger partial charge on any atom is -0.300 e. The molecular formula is C16H29NO. The fourth-order valence-corrected chi connectivity index (χ4v) is 3.73. The Bertz CT molecular complexity index is 276. The Hall–Kier alpha value is -0.370. The van der Waals surface area contributed by atoms with Crippen molar-refractivity contribution in [2.45, 2.75) is 71.3 Å². The number of hydrogen-bond donors (Lipinski definition) is 0. The molecule has 1 heterocycles. The van der Waals surface area contributed by atoms with Crippen LogP contribution < -0.4 is 0 Å². The lowest BCUT2D eigenvalue weighted by Gasteiger charge is -2.34. The average Bonchev–Trinajstić information content (AvgIpc) is 2.59. The van der Waals surface area contributed by atoms with Crippen LogP contribution in [0.4, 0.5) is 0 Å². The van der Waals surface area contributed by atoms with Gasteiger partial charge in [0, 0.05) is 24.9 Å². The number of Topliss-reactive ketones (excluding diaryl/α,β-unsaturated/α-hetero) is 1. The maximum absolute atomic E-state index is 12.1. The molecule has 0 spiro atoms. The monoisotopic (exact) mass is 251 g/mol. The van der Waals surface area contributed by atoms with Gasteiger partial charge < -0.3 is 0 Å². The predicted molar refractivity (Wildman–Crippen MR) is 75.6 cm³/mol. The van der Waals surface area contributed by atoms with Crippen LogP contribution in [-0.4, -0.2) is 29.8 Å². The lowest BCUT2D eigenvalue weighted by atomic mass is 9.81. The number of nitrogens with zero attached hydrogens (tertiary/aromatic N) is 1. The topological polar surface area (TPSA) is 20.3 Å². The van der Waals surface area contributed by atoms with Gasteiger partial charge in [-0.3, -0.25) is 9.69 Å². The van der Waals surface area contributed by atoms with E-state index in [0.717, 1.165) is 37.8 Å². The van der Waals surface area contributed by atoms with Crippen molar-refractivity contribution in [1.29, 1.82) is 0 Å². The molecule has 0 amide bonds. The summed E-state index contributed by atoms with van der Waals surface area (Å²) in [5.74, 6) is 1.62. The van der Waals surface area contributed by atoms with Gasteiger partial charge in [0.25, 0.3) is 0 Å². The van der Waals surface area contributed by atoms with E-state index in [1.165, 1.54) is 38.6 Å². The van der Waals surface area contributed by atoms with Gasteiger partial charge in [-0.05, 0) is 44.6 Å². The molecule has 1 saturated heterocycles. The Morgan fingerprint density at radius 1 is 1.22 bits per heavy atom. The molecular weight excluding hydrogens is 222 g/mol. The van der Waals surface area contributed by atoms with Crippen LogP contribution in [0.5, 0.6) is 0 Å². The maximum Gasteiger partial charge on any atom is 0.137 e. The number of rotatable bonds is 3. The van der Waals surface area contributed by atoms with Gasteiger partial charge in [-0.25, -0.2) is 0 Å². The van der Waals surface area contributed by atoms with Gasteiger partial charge >= 0.3 is 0 Å². The summed E-state index contributed by atoms with van der Waals surface area (Å²) in [5.41, 5.74) is 0. The molecule has 3 atom stereocenters. The zero-order valence-corrected chi connectivity index (χ0v) is 12.2. The summed E-state index contributed by atoms with van der Waals surface area (Å²) in [6.45, 7) is 6.87. The summed E-state index contributed by atoms with van der Waals surface area (Å²) in [5, 5.41) is 0. The quantitative estimate of drug-likeness (QED) is 0.763. The molecule has 2 aliphatic rings. The lowest BCUT2D eigenvalue weighted by molar-refractivity contribution is -0.126. The highest BCUT2D eigenvalue weighted by atomic mass is 16.1. The van der Waals surface area contributed by atoms with Crippen LogP contribution in [0, 0.1) is 11.8 Å². The van der Waals surface area contributed by atoms with Crippen LogP contribution in [0.2, 0.25) is 0 Å². The standard InChI is InChI=1S/C16H29NO/c1-3-15-7-5-4-6-10-17(15)12-14-11-13(2)8-9-16(14)18/h13-15H,3-12H2,1-2H3. The predicted octanol–water partition coefficient (Wildman–Crippen LogP) is 3.65. The molecule has 2 fully saturated rings. The molecule has 18 heavy (non-hydrogen) atoms. The average molecular weight is 251 g/mol. The largest absolute Gasteiger partial charge is 0.300 e. The Labute approximate surface area is 112 Å². The molecule has 2 heteroatoms. The summed E-state index contributed by atoms with van der Waals surface area (Å²) in [6, 6.07) is 0.734.